The molecule has 0 aliphatic rings. The van der Waals surface area contributed by atoms with E-state index in [2.05, 4.69) is 121 Å². The van der Waals surface area contributed by atoms with Crippen LogP contribution in [0.3, 0.4) is 0 Å². The van der Waals surface area contributed by atoms with Gasteiger partial charge in [-0.05, 0) is 60.6 Å². The Balaban J connectivity index is 1.71. The molecule has 0 radical (unpaired) electrons. The Morgan fingerprint density at radius 1 is 0.300 bits per heavy atom. The fourth-order valence-electron chi connectivity index (χ4n) is 4.68. The lowest BCUT2D eigenvalue weighted by Crippen LogP contribution is -1.88. The highest BCUT2D eigenvalue weighted by Gasteiger charge is 2.13. The van der Waals surface area contributed by atoms with Crippen LogP contribution in [0.2, 0.25) is 0 Å². The monoisotopic (exact) mass is 380 g/mol. The Kier molecular flexibility index (Phi) is 3.89. The van der Waals surface area contributed by atoms with Crippen molar-refractivity contribution in [1.82, 2.24) is 0 Å². The first kappa shape index (κ1) is 17.0. The highest BCUT2D eigenvalue weighted by atomic mass is 14.2. The fraction of sp³-hybridized carbons (Fsp3) is 0. The highest BCUT2D eigenvalue weighted by Crippen LogP contribution is 2.40. The highest BCUT2D eigenvalue weighted by molar-refractivity contribution is 6.17. The third kappa shape index (κ3) is 2.62. The molecule has 6 aromatic rings. The van der Waals surface area contributed by atoms with Gasteiger partial charge in [-0.3, -0.25) is 0 Å². The van der Waals surface area contributed by atoms with Crippen LogP contribution >= 0.6 is 0 Å². The zero-order valence-electron chi connectivity index (χ0n) is 16.5. The maximum atomic E-state index is 2.35. The summed E-state index contributed by atoms with van der Waals surface area (Å²) in [5, 5.41) is 7.78. The van der Waals surface area contributed by atoms with Crippen LogP contribution in [-0.4, -0.2) is 0 Å². The Morgan fingerprint density at radius 2 is 0.800 bits per heavy atom. The van der Waals surface area contributed by atoms with E-state index < -0.39 is 0 Å². The fourth-order valence-corrected chi connectivity index (χ4v) is 4.68. The topological polar surface area (TPSA) is 0 Å². The summed E-state index contributed by atoms with van der Waals surface area (Å²) >= 11 is 0. The molecule has 0 heteroatoms. The summed E-state index contributed by atoms with van der Waals surface area (Å²) in [6.07, 6.45) is 0. The molecule has 0 aliphatic carbocycles. The van der Waals surface area contributed by atoms with Crippen LogP contribution in [0.5, 0.6) is 0 Å². The zero-order valence-corrected chi connectivity index (χ0v) is 16.5. The molecule has 0 saturated carbocycles. The predicted molar refractivity (Wildman–Crippen MR) is 130 cm³/mol. The molecule has 0 atom stereocenters. The number of hydrogen-bond acceptors (Lipinski definition) is 0. The first-order chi connectivity index (χ1) is 14.9. The normalized spacial score (nSPS) is 11.3. The second kappa shape index (κ2) is 6.86. The molecule has 0 saturated heterocycles. The van der Waals surface area contributed by atoms with Crippen LogP contribution in [0.4, 0.5) is 0 Å². The smallest absolute Gasteiger partial charge is 0.00928 e. The molecule has 0 spiro atoms. The third-order valence-electron chi connectivity index (χ3n) is 6.07. The standard InChI is InChI=1S/C30H20/c1-2-10-21(11-3-1)24-18-19-29(27-16-8-6-15-26(24)27)30-20-22-12-4-5-13-23(22)25-14-7-9-17-28(25)30/h1-20H. The van der Waals surface area contributed by atoms with Crippen molar-refractivity contribution in [2.75, 3.05) is 0 Å². The van der Waals surface area contributed by atoms with Gasteiger partial charge in [-0.2, -0.15) is 0 Å². The molecule has 30 heavy (non-hydrogen) atoms. The van der Waals surface area contributed by atoms with E-state index in [0.717, 1.165) is 0 Å². The van der Waals surface area contributed by atoms with Gasteiger partial charge in [-0.15, -0.1) is 0 Å². The summed E-state index contributed by atoms with van der Waals surface area (Å²) in [6, 6.07) is 43.8. The third-order valence-corrected chi connectivity index (χ3v) is 6.07. The van der Waals surface area contributed by atoms with Crippen LogP contribution in [-0.2, 0) is 0 Å². The van der Waals surface area contributed by atoms with E-state index in [9.17, 15) is 0 Å². The van der Waals surface area contributed by atoms with Gasteiger partial charge in [0.2, 0.25) is 0 Å². The van der Waals surface area contributed by atoms with Gasteiger partial charge in [0.25, 0.3) is 0 Å². The summed E-state index contributed by atoms with van der Waals surface area (Å²) < 4.78 is 0. The lowest BCUT2D eigenvalue weighted by molar-refractivity contribution is 1.64. The van der Waals surface area contributed by atoms with Crippen LogP contribution in [0.25, 0.3) is 54.6 Å². The SMILES string of the molecule is c1ccc(-c2ccc(-c3cc4ccccc4c4ccccc34)c3ccccc23)cc1. The van der Waals surface area contributed by atoms with Crippen LogP contribution in [0, 0.1) is 0 Å². The van der Waals surface area contributed by atoms with Gasteiger partial charge in [0.05, 0.1) is 0 Å². The molecule has 0 nitrogen and oxygen atoms in total. The van der Waals surface area contributed by atoms with E-state index in [1.807, 2.05) is 0 Å². The van der Waals surface area contributed by atoms with Crippen LogP contribution in [0.1, 0.15) is 0 Å². The molecule has 0 unspecified atom stereocenters. The molecule has 0 aromatic heterocycles. The van der Waals surface area contributed by atoms with Crippen molar-refractivity contribution in [2.24, 2.45) is 0 Å². The Labute approximate surface area is 176 Å². The maximum Gasteiger partial charge on any atom is -0.00928 e. The molecular formula is C30H20. The van der Waals surface area contributed by atoms with Crippen LogP contribution < -0.4 is 0 Å². The average Bonchev–Trinajstić information content (AvgIpc) is 2.83. The van der Waals surface area contributed by atoms with E-state index in [1.54, 1.807) is 0 Å². The van der Waals surface area contributed by atoms with Gasteiger partial charge in [-0.25, -0.2) is 0 Å². The second-order valence-electron chi connectivity index (χ2n) is 7.76. The minimum Gasteiger partial charge on any atom is -0.0622 e. The maximum absolute atomic E-state index is 2.35. The van der Waals surface area contributed by atoms with Crippen molar-refractivity contribution in [3.63, 3.8) is 0 Å². The van der Waals surface area contributed by atoms with Crippen LogP contribution in [0.15, 0.2) is 121 Å². The van der Waals surface area contributed by atoms with Crippen molar-refractivity contribution >= 4 is 32.3 Å². The van der Waals surface area contributed by atoms with Gasteiger partial charge in [0.1, 0.15) is 0 Å². The van der Waals surface area contributed by atoms with Crippen molar-refractivity contribution in [2.45, 2.75) is 0 Å². The van der Waals surface area contributed by atoms with E-state index in [4.69, 9.17) is 0 Å². The molecule has 140 valence electrons. The minimum absolute atomic E-state index is 1.25. The first-order valence-corrected chi connectivity index (χ1v) is 10.4. The Bertz CT molecular complexity index is 1520. The van der Waals surface area contributed by atoms with Gasteiger partial charge < -0.3 is 0 Å². The largest absolute Gasteiger partial charge is 0.0622 e. The summed E-state index contributed by atoms with van der Waals surface area (Å²) in [4.78, 5) is 0. The molecule has 6 aromatic carbocycles. The molecule has 0 fully saturated rings. The van der Waals surface area contributed by atoms with E-state index in [1.165, 1.54) is 54.6 Å². The van der Waals surface area contributed by atoms with E-state index >= 15 is 0 Å². The molecule has 6 rings (SSSR count). The first-order valence-electron chi connectivity index (χ1n) is 10.4. The number of fused-ring (bicyclic) bond motifs is 4. The summed E-state index contributed by atoms with van der Waals surface area (Å²) in [5.74, 6) is 0. The van der Waals surface area contributed by atoms with Crippen molar-refractivity contribution < 1.29 is 0 Å². The summed E-state index contributed by atoms with van der Waals surface area (Å²) in [7, 11) is 0. The molecule has 0 bridgehead atoms. The second-order valence-corrected chi connectivity index (χ2v) is 7.76. The zero-order chi connectivity index (χ0) is 19.9. The van der Waals surface area contributed by atoms with Gasteiger partial charge in [0, 0.05) is 0 Å². The number of benzene rings is 6. The lowest BCUT2D eigenvalue weighted by atomic mass is 9.88. The van der Waals surface area contributed by atoms with E-state index in [0.29, 0.717) is 0 Å². The van der Waals surface area contributed by atoms with Gasteiger partial charge in [-0.1, -0.05) is 115 Å². The van der Waals surface area contributed by atoms with E-state index in [-0.39, 0.29) is 0 Å². The Hall–Kier alpha value is -3.90. The molecule has 0 N–H and O–H groups in total. The molecule has 0 heterocycles. The summed E-state index contributed by atoms with van der Waals surface area (Å²) in [5.41, 5.74) is 5.11. The molecule has 0 aliphatic heterocycles. The molecular weight excluding hydrogens is 360 g/mol. The number of rotatable bonds is 2. The van der Waals surface area contributed by atoms with Crippen molar-refractivity contribution in [1.29, 1.82) is 0 Å². The van der Waals surface area contributed by atoms with Crippen molar-refractivity contribution in [3.05, 3.63) is 121 Å². The number of hydrogen-bond donors (Lipinski definition) is 0. The average molecular weight is 380 g/mol. The Morgan fingerprint density at radius 3 is 1.53 bits per heavy atom. The molecule has 0 amide bonds. The van der Waals surface area contributed by atoms with Gasteiger partial charge in [0.15, 0.2) is 0 Å². The minimum atomic E-state index is 1.25. The summed E-state index contributed by atoms with van der Waals surface area (Å²) in [6.45, 7) is 0. The quantitative estimate of drug-likeness (QED) is 0.264. The predicted octanol–water partition coefficient (Wildman–Crippen LogP) is 8.48. The van der Waals surface area contributed by atoms with Gasteiger partial charge >= 0.3 is 0 Å². The van der Waals surface area contributed by atoms with Crippen molar-refractivity contribution in [3.8, 4) is 22.3 Å². The lowest BCUT2D eigenvalue weighted by Gasteiger charge is -2.15.